The number of rotatable bonds is 6. The summed E-state index contributed by atoms with van der Waals surface area (Å²) in [6, 6.07) is 6.72. The number of nitrogens with two attached hydrogens (primary N) is 1. The molecule has 0 bridgehead atoms. The summed E-state index contributed by atoms with van der Waals surface area (Å²) in [5.74, 6) is -1.32. The van der Waals surface area contributed by atoms with Crippen LogP contribution >= 0.6 is 0 Å². The summed E-state index contributed by atoms with van der Waals surface area (Å²) in [6.07, 6.45) is 5.55. The van der Waals surface area contributed by atoms with Gasteiger partial charge in [0.2, 0.25) is 11.9 Å². The second-order valence-electron chi connectivity index (χ2n) is 7.05. The number of hydrogen-bond acceptors (Lipinski definition) is 6. The van der Waals surface area contributed by atoms with Gasteiger partial charge >= 0.3 is 0 Å². The number of aromatic nitrogens is 4. The number of hydrogen-bond donors (Lipinski definition) is 2. The monoisotopic (exact) mass is 396 g/mol. The third-order valence-electron chi connectivity index (χ3n) is 5.24. The third-order valence-corrected chi connectivity index (χ3v) is 5.24. The summed E-state index contributed by atoms with van der Waals surface area (Å²) in [5.41, 5.74) is 5.68. The highest BCUT2D eigenvalue weighted by atomic mass is 19.1. The number of carbonyl (C=O) groups is 1. The Morgan fingerprint density at radius 3 is 2.59 bits per heavy atom. The van der Waals surface area contributed by atoms with Gasteiger partial charge in [-0.1, -0.05) is 6.42 Å². The maximum Gasteiger partial charge on any atom is 0.248 e. The van der Waals surface area contributed by atoms with Gasteiger partial charge in [-0.05, 0) is 43.2 Å². The summed E-state index contributed by atoms with van der Waals surface area (Å²) >= 11 is 0. The van der Waals surface area contributed by atoms with Crippen molar-refractivity contribution in [2.24, 2.45) is 5.73 Å². The molecule has 7 nitrogen and oxygen atoms in total. The van der Waals surface area contributed by atoms with E-state index in [0.29, 0.717) is 12.2 Å². The van der Waals surface area contributed by atoms with Crippen molar-refractivity contribution < 1.29 is 13.6 Å². The molecule has 3 N–H and O–H groups in total. The van der Waals surface area contributed by atoms with Crippen LogP contribution in [0.25, 0.3) is 11.3 Å². The highest BCUT2D eigenvalue weighted by Crippen LogP contribution is 2.43. The molecule has 2 aromatic heterocycles. The van der Waals surface area contributed by atoms with Gasteiger partial charge in [-0.3, -0.25) is 9.78 Å². The molecule has 3 aromatic rings. The normalized spacial score (nSPS) is 14.8. The van der Waals surface area contributed by atoms with Gasteiger partial charge in [0.1, 0.15) is 17.3 Å². The number of anilines is 1. The molecule has 1 aromatic carbocycles. The van der Waals surface area contributed by atoms with Crippen LogP contribution in [0.4, 0.5) is 14.7 Å². The van der Waals surface area contributed by atoms with Crippen LogP contribution in [-0.4, -0.2) is 32.6 Å². The number of primary amides is 1. The number of benzene rings is 1. The van der Waals surface area contributed by atoms with Crippen LogP contribution in [0.3, 0.4) is 0 Å². The summed E-state index contributed by atoms with van der Waals surface area (Å²) in [7, 11) is 0. The lowest BCUT2D eigenvalue weighted by molar-refractivity contribution is 0.100. The first-order chi connectivity index (χ1) is 14.0. The summed E-state index contributed by atoms with van der Waals surface area (Å²) < 4.78 is 28.3. The maximum absolute atomic E-state index is 14.2. The predicted octanol–water partition coefficient (Wildman–Crippen LogP) is 2.84. The Morgan fingerprint density at radius 2 is 1.97 bits per heavy atom. The molecule has 0 aliphatic heterocycles. The predicted molar refractivity (Wildman–Crippen MR) is 102 cm³/mol. The zero-order chi connectivity index (χ0) is 20.4. The second kappa shape index (κ2) is 7.50. The molecular formula is C20H18F2N6O. The minimum atomic E-state index is -0.669. The van der Waals surface area contributed by atoms with Gasteiger partial charge in [-0.15, -0.1) is 10.2 Å². The maximum atomic E-state index is 14.2. The van der Waals surface area contributed by atoms with E-state index < -0.39 is 17.1 Å². The molecule has 2 heterocycles. The standard InChI is InChI=1S/C20H18F2N6O/c21-14-5-4-12(18(23)29)9-13(14)16-10-25-19(28-27-16)26-11-20(6-2-7-20)17-15(22)3-1-8-24-17/h1,3-5,8-10H,2,6-7,11H2,(H2,23,29)(H,25,26,28). The number of halogens is 2. The Kier molecular flexibility index (Phi) is 4.87. The molecule has 29 heavy (non-hydrogen) atoms. The number of pyridine rings is 1. The molecule has 0 saturated heterocycles. The second-order valence-corrected chi connectivity index (χ2v) is 7.05. The highest BCUT2D eigenvalue weighted by Gasteiger charge is 2.41. The van der Waals surface area contributed by atoms with E-state index in [4.69, 9.17) is 5.73 Å². The Labute approximate surface area is 165 Å². The Bertz CT molecular complexity index is 1050. The van der Waals surface area contributed by atoms with Crippen LogP contribution in [0.1, 0.15) is 35.3 Å². The van der Waals surface area contributed by atoms with Crippen LogP contribution in [-0.2, 0) is 5.41 Å². The van der Waals surface area contributed by atoms with Crippen molar-refractivity contribution in [1.82, 2.24) is 20.2 Å². The van der Waals surface area contributed by atoms with E-state index in [2.05, 4.69) is 25.5 Å². The number of carbonyl (C=O) groups excluding carboxylic acids is 1. The van der Waals surface area contributed by atoms with Crippen molar-refractivity contribution in [2.75, 3.05) is 11.9 Å². The molecule has 0 spiro atoms. The molecule has 0 atom stereocenters. The van der Waals surface area contributed by atoms with Crippen molar-refractivity contribution in [3.8, 4) is 11.3 Å². The van der Waals surface area contributed by atoms with Crippen molar-refractivity contribution in [2.45, 2.75) is 24.7 Å². The zero-order valence-corrected chi connectivity index (χ0v) is 15.4. The molecule has 0 radical (unpaired) electrons. The summed E-state index contributed by atoms with van der Waals surface area (Å²) in [4.78, 5) is 19.7. The van der Waals surface area contributed by atoms with Crippen molar-refractivity contribution in [3.63, 3.8) is 0 Å². The zero-order valence-electron chi connectivity index (χ0n) is 15.4. The van der Waals surface area contributed by atoms with Gasteiger partial charge in [-0.25, -0.2) is 13.8 Å². The first kappa shape index (κ1) is 18.9. The van der Waals surface area contributed by atoms with Crippen LogP contribution in [0.5, 0.6) is 0 Å². The number of nitrogens with one attached hydrogen (secondary N) is 1. The molecule has 1 amide bonds. The van der Waals surface area contributed by atoms with Gasteiger partial charge in [0.05, 0.1) is 11.9 Å². The van der Waals surface area contributed by atoms with Crippen LogP contribution in [0.2, 0.25) is 0 Å². The number of nitrogens with zero attached hydrogens (tertiary/aromatic N) is 4. The van der Waals surface area contributed by atoms with Crippen LogP contribution in [0, 0.1) is 11.6 Å². The molecule has 148 valence electrons. The van der Waals surface area contributed by atoms with E-state index in [1.165, 1.54) is 24.4 Å². The fraction of sp³-hybridized carbons (Fsp3) is 0.250. The van der Waals surface area contributed by atoms with Gasteiger partial charge < -0.3 is 11.1 Å². The van der Waals surface area contributed by atoms with Crippen LogP contribution < -0.4 is 11.1 Å². The topological polar surface area (TPSA) is 107 Å². The molecule has 0 unspecified atom stereocenters. The minimum absolute atomic E-state index is 0.0823. The first-order valence-corrected chi connectivity index (χ1v) is 9.13. The molecule has 9 heteroatoms. The average molecular weight is 396 g/mol. The average Bonchev–Trinajstić information content (AvgIpc) is 2.69. The van der Waals surface area contributed by atoms with Crippen LogP contribution in [0.15, 0.2) is 42.7 Å². The van der Waals surface area contributed by atoms with Gasteiger partial charge in [0, 0.05) is 29.3 Å². The van der Waals surface area contributed by atoms with Crippen molar-refractivity contribution in [3.05, 3.63) is 65.6 Å². The highest BCUT2D eigenvalue weighted by molar-refractivity contribution is 5.94. The largest absolute Gasteiger partial charge is 0.366 e. The van der Waals surface area contributed by atoms with Gasteiger partial charge in [0.25, 0.3) is 0 Å². The van der Waals surface area contributed by atoms with E-state index in [9.17, 15) is 13.6 Å². The Hall–Kier alpha value is -3.49. The van der Waals surface area contributed by atoms with E-state index in [-0.39, 0.29) is 28.6 Å². The van der Waals surface area contributed by atoms with Crippen molar-refractivity contribution in [1.29, 1.82) is 0 Å². The molecular weight excluding hydrogens is 378 g/mol. The fourth-order valence-corrected chi connectivity index (χ4v) is 3.48. The molecule has 1 aliphatic rings. The molecule has 4 rings (SSSR count). The molecule has 1 saturated carbocycles. The lowest BCUT2D eigenvalue weighted by Gasteiger charge is -2.41. The number of amides is 1. The first-order valence-electron chi connectivity index (χ1n) is 9.13. The SMILES string of the molecule is NC(=O)c1ccc(F)c(-c2cnc(NCC3(c4ncccc4F)CCC3)nn2)c1. The lowest BCUT2D eigenvalue weighted by Crippen LogP contribution is -2.42. The van der Waals surface area contributed by atoms with E-state index in [1.54, 1.807) is 12.3 Å². The fourth-order valence-electron chi connectivity index (χ4n) is 3.48. The quantitative estimate of drug-likeness (QED) is 0.664. The minimum Gasteiger partial charge on any atom is -0.366 e. The Morgan fingerprint density at radius 1 is 1.14 bits per heavy atom. The lowest BCUT2D eigenvalue weighted by atomic mass is 9.66. The molecule has 1 fully saturated rings. The van der Waals surface area contributed by atoms with E-state index in [0.717, 1.165) is 25.3 Å². The third kappa shape index (κ3) is 3.63. The van der Waals surface area contributed by atoms with E-state index >= 15 is 0 Å². The van der Waals surface area contributed by atoms with Gasteiger partial charge in [-0.2, -0.15) is 0 Å². The Balaban J connectivity index is 1.51. The van der Waals surface area contributed by atoms with Gasteiger partial charge in [0.15, 0.2) is 0 Å². The summed E-state index contributed by atoms with van der Waals surface area (Å²) in [6.45, 7) is 0.410. The van der Waals surface area contributed by atoms with E-state index in [1.807, 2.05) is 0 Å². The summed E-state index contributed by atoms with van der Waals surface area (Å²) in [5, 5.41) is 11.0. The van der Waals surface area contributed by atoms with Crippen molar-refractivity contribution >= 4 is 11.9 Å². The smallest absolute Gasteiger partial charge is 0.248 e. The molecule has 1 aliphatic carbocycles.